The number of allylic oxidation sites excluding steroid dienone is 1. The van der Waals surface area contributed by atoms with E-state index in [2.05, 4.69) is 38.6 Å². The molecule has 0 atom stereocenters. The highest BCUT2D eigenvalue weighted by Crippen LogP contribution is 2.33. The zero-order valence-corrected chi connectivity index (χ0v) is 19.1. The zero-order valence-electron chi connectivity index (χ0n) is 18.3. The average molecular weight is 451 g/mol. The summed E-state index contributed by atoms with van der Waals surface area (Å²) >= 11 is 1.66. The van der Waals surface area contributed by atoms with Crippen molar-refractivity contribution in [3.05, 3.63) is 36.5 Å². The molecule has 0 bridgehead atoms. The first kappa shape index (κ1) is 21.1. The lowest BCUT2D eigenvalue weighted by molar-refractivity contribution is -0.115. The summed E-state index contributed by atoms with van der Waals surface area (Å²) in [7, 11) is 0. The summed E-state index contributed by atoms with van der Waals surface area (Å²) < 4.78 is 3.16. The molecule has 8 heteroatoms. The standard InChI is InChI=1S/C24H30N6OS/c1-2-20(31)13-16-7-9-17(10-8-16)26-23-22-21(11-12-32-22)28-24(29-23)27-18-14-25-30(15-18)19-5-3-4-6-19/h2,11-12,14-17,19H,1,3-10,13H2,(H2,26,27,28,29). The van der Waals surface area contributed by atoms with E-state index in [1.165, 1.54) is 31.8 Å². The highest BCUT2D eigenvalue weighted by Gasteiger charge is 2.24. The smallest absolute Gasteiger partial charge is 0.229 e. The molecule has 2 saturated carbocycles. The van der Waals surface area contributed by atoms with Crippen LogP contribution in [0.15, 0.2) is 36.5 Å². The van der Waals surface area contributed by atoms with E-state index < -0.39 is 0 Å². The summed E-state index contributed by atoms with van der Waals surface area (Å²) in [6, 6.07) is 2.92. The Morgan fingerprint density at radius 2 is 2.00 bits per heavy atom. The highest BCUT2D eigenvalue weighted by molar-refractivity contribution is 7.17. The molecule has 3 aromatic rings. The van der Waals surface area contributed by atoms with Crippen LogP contribution in [-0.4, -0.2) is 31.6 Å². The van der Waals surface area contributed by atoms with Crippen molar-refractivity contribution in [2.45, 2.75) is 69.9 Å². The maximum Gasteiger partial charge on any atom is 0.229 e. The Balaban J connectivity index is 1.27. The summed E-state index contributed by atoms with van der Waals surface area (Å²) in [6.07, 6.45) is 15.2. The molecule has 0 amide bonds. The van der Waals surface area contributed by atoms with E-state index >= 15 is 0 Å². The van der Waals surface area contributed by atoms with Crippen LogP contribution in [0.3, 0.4) is 0 Å². The lowest BCUT2D eigenvalue weighted by Gasteiger charge is -2.29. The van der Waals surface area contributed by atoms with Gasteiger partial charge in [0.15, 0.2) is 5.78 Å². The molecule has 0 aliphatic heterocycles. The number of rotatable bonds is 8. The molecule has 168 valence electrons. The quantitative estimate of drug-likeness (QED) is 0.418. The van der Waals surface area contributed by atoms with Crippen molar-refractivity contribution in [1.82, 2.24) is 19.7 Å². The van der Waals surface area contributed by atoms with Gasteiger partial charge in [0.25, 0.3) is 0 Å². The summed E-state index contributed by atoms with van der Waals surface area (Å²) in [4.78, 5) is 21.2. The van der Waals surface area contributed by atoms with E-state index in [1.807, 2.05) is 12.3 Å². The van der Waals surface area contributed by atoms with Crippen molar-refractivity contribution >= 4 is 44.8 Å². The summed E-state index contributed by atoms with van der Waals surface area (Å²) in [5.41, 5.74) is 1.87. The third-order valence-corrected chi connectivity index (χ3v) is 7.68. The van der Waals surface area contributed by atoms with Gasteiger partial charge in [-0.1, -0.05) is 19.4 Å². The fourth-order valence-electron chi connectivity index (χ4n) is 4.99. The zero-order chi connectivity index (χ0) is 21.9. The van der Waals surface area contributed by atoms with Crippen molar-refractivity contribution < 1.29 is 4.79 Å². The highest BCUT2D eigenvalue weighted by atomic mass is 32.1. The Bertz CT molecular complexity index is 1090. The molecule has 5 rings (SSSR count). The second kappa shape index (κ2) is 9.40. The largest absolute Gasteiger partial charge is 0.366 e. The minimum atomic E-state index is 0.157. The second-order valence-electron chi connectivity index (χ2n) is 9.04. The number of carbonyl (C=O) groups is 1. The molecule has 2 aliphatic rings. The molecule has 7 nitrogen and oxygen atoms in total. The van der Waals surface area contributed by atoms with Gasteiger partial charge in [0.1, 0.15) is 5.82 Å². The molecular weight excluding hydrogens is 420 g/mol. The summed E-state index contributed by atoms with van der Waals surface area (Å²) in [5.74, 6) is 2.11. The molecule has 0 radical (unpaired) electrons. The van der Waals surface area contributed by atoms with Gasteiger partial charge in [0, 0.05) is 18.7 Å². The van der Waals surface area contributed by atoms with Gasteiger partial charge in [0.05, 0.1) is 28.1 Å². The minimum absolute atomic E-state index is 0.157. The third-order valence-electron chi connectivity index (χ3n) is 6.77. The lowest BCUT2D eigenvalue weighted by Crippen LogP contribution is -2.27. The number of carbonyl (C=O) groups excluding carboxylic acids is 1. The van der Waals surface area contributed by atoms with Gasteiger partial charge in [-0.25, -0.2) is 4.98 Å². The van der Waals surface area contributed by atoms with E-state index in [-0.39, 0.29) is 5.78 Å². The Kier molecular flexibility index (Phi) is 6.21. The van der Waals surface area contributed by atoms with Gasteiger partial charge in [-0.15, -0.1) is 11.3 Å². The molecule has 2 N–H and O–H groups in total. The molecule has 0 saturated heterocycles. The van der Waals surface area contributed by atoms with Gasteiger partial charge in [0.2, 0.25) is 5.95 Å². The summed E-state index contributed by atoms with van der Waals surface area (Å²) in [5, 5.41) is 13.6. The minimum Gasteiger partial charge on any atom is -0.366 e. The molecule has 0 aromatic carbocycles. The van der Waals surface area contributed by atoms with Crippen LogP contribution in [0, 0.1) is 5.92 Å². The van der Waals surface area contributed by atoms with Gasteiger partial charge in [-0.3, -0.25) is 9.48 Å². The van der Waals surface area contributed by atoms with Crippen molar-refractivity contribution in [1.29, 1.82) is 0 Å². The van der Waals surface area contributed by atoms with Gasteiger partial charge in [-0.2, -0.15) is 10.1 Å². The first-order chi connectivity index (χ1) is 15.7. The van der Waals surface area contributed by atoms with Crippen LogP contribution in [0.1, 0.15) is 63.8 Å². The average Bonchev–Trinajstić information content (AvgIpc) is 3.56. The molecule has 3 aromatic heterocycles. The molecule has 3 heterocycles. The van der Waals surface area contributed by atoms with Gasteiger partial charge >= 0.3 is 0 Å². The Labute approximate surface area is 192 Å². The van der Waals surface area contributed by atoms with E-state index in [0.29, 0.717) is 30.4 Å². The van der Waals surface area contributed by atoms with Crippen molar-refractivity contribution in [3.63, 3.8) is 0 Å². The monoisotopic (exact) mass is 450 g/mol. The second-order valence-corrected chi connectivity index (χ2v) is 9.96. The van der Waals surface area contributed by atoms with E-state index in [1.54, 1.807) is 11.3 Å². The first-order valence-electron chi connectivity index (χ1n) is 11.7. The number of nitrogens with zero attached hydrogens (tertiary/aromatic N) is 4. The van der Waals surface area contributed by atoms with Crippen LogP contribution in [0.25, 0.3) is 10.2 Å². The van der Waals surface area contributed by atoms with Crippen molar-refractivity contribution in [2.75, 3.05) is 10.6 Å². The number of hydrogen-bond donors (Lipinski definition) is 2. The number of nitrogens with one attached hydrogen (secondary N) is 2. The van der Waals surface area contributed by atoms with Crippen molar-refractivity contribution in [2.24, 2.45) is 5.92 Å². The molecule has 0 unspecified atom stereocenters. The number of aromatic nitrogens is 4. The molecular formula is C24H30N6OS. The number of hydrogen-bond acceptors (Lipinski definition) is 7. The lowest BCUT2D eigenvalue weighted by atomic mass is 9.83. The Hall–Kier alpha value is -2.74. The third kappa shape index (κ3) is 4.70. The van der Waals surface area contributed by atoms with Gasteiger partial charge < -0.3 is 10.6 Å². The number of thiophene rings is 1. The molecule has 2 aliphatic carbocycles. The van der Waals surface area contributed by atoms with Crippen LogP contribution >= 0.6 is 11.3 Å². The predicted molar refractivity (Wildman–Crippen MR) is 130 cm³/mol. The summed E-state index contributed by atoms with van der Waals surface area (Å²) in [6.45, 7) is 3.59. The van der Waals surface area contributed by atoms with Crippen LogP contribution in [-0.2, 0) is 4.79 Å². The van der Waals surface area contributed by atoms with Crippen molar-refractivity contribution in [3.8, 4) is 0 Å². The SMILES string of the molecule is C=CC(=O)CC1CCC(Nc2nc(Nc3cnn(C4CCCC4)c3)nc3ccsc23)CC1. The van der Waals surface area contributed by atoms with E-state index in [9.17, 15) is 4.79 Å². The molecule has 32 heavy (non-hydrogen) atoms. The fraction of sp³-hybridized carbons (Fsp3) is 0.500. The maximum atomic E-state index is 11.7. The van der Waals surface area contributed by atoms with E-state index in [0.717, 1.165) is 47.4 Å². The maximum absolute atomic E-state index is 11.7. The van der Waals surface area contributed by atoms with E-state index in [4.69, 9.17) is 9.97 Å². The van der Waals surface area contributed by atoms with Crippen LogP contribution in [0.2, 0.25) is 0 Å². The number of fused-ring (bicyclic) bond motifs is 1. The number of ketones is 1. The normalized spacial score (nSPS) is 21.6. The first-order valence-corrected chi connectivity index (χ1v) is 12.5. The van der Waals surface area contributed by atoms with Crippen LogP contribution in [0.4, 0.5) is 17.5 Å². The topological polar surface area (TPSA) is 84.7 Å². The molecule has 0 spiro atoms. The molecule has 2 fully saturated rings. The predicted octanol–water partition coefficient (Wildman–Crippen LogP) is 5.86. The number of anilines is 3. The Morgan fingerprint density at radius 3 is 2.78 bits per heavy atom. The Morgan fingerprint density at radius 1 is 1.19 bits per heavy atom. The fourth-order valence-corrected chi connectivity index (χ4v) is 5.77. The van der Waals surface area contributed by atoms with Crippen LogP contribution < -0.4 is 10.6 Å². The van der Waals surface area contributed by atoms with Crippen LogP contribution in [0.5, 0.6) is 0 Å². The van der Waals surface area contributed by atoms with Gasteiger partial charge in [-0.05, 0) is 62.0 Å².